The van der Waals surface area contributed by atoms with Crippen molar-refractivity contribution in [3.8, 4) is 0 Å². The van der Waals surface area contributed by atoms with Crippen molar-refractivity contribution < 1.29 is 9.59 Å². The van der Waals surface area contributed by atoms with Gasteiger partial charge in [-0.05, 0) is 31.6 Å². The van der Waals surface area contributed by atoms with E-state index in [4.69, 9.17) is 0 Å². The Morgan fingerprint density at radius 1 is 1.17 bits per heavy atom. The Morgan fingerprint density at radius 3 is 2.44 bits per heavy atom. The van der Waals surface area contributed by atoms with Gasteiger partial charge in [0.2, 0.25) is 5.91 Å². The molecule has 0 aromatic rings. The van der Waals surface area contributed by atoms with Gasteiger partial charge in [-0.3, -0.25) is 9.59 Å². The van der Waals surface area contributed by atoms with E-state index in [1.807, 2.05) is 4.90 Å². The third-order valence-corrected chi connectivity index (χ3v) is 4.68. The molecule has 1 saturated carbocycles. The van der Waals surface area contributed by atoms with Crippen molar-refractivity contribution in [2.75, 3.05) is 6.54 Å². The van der Waals surface area contributed by atoms with E-state index < -0.39 is 0 Å². The largest absolute Gasteiger partial charge is 0.332 e. The lowest BCUT2D eigenvalue weighted by Gasteiger charge is -2.25. The van der Waals surface area contributed by atoms with Crippen LogP contribution in [0.15, 0.2) is 0 Å². The van der Waals surface area contributed by atoms with Crippen LogP contribution in [0.2, 0.25) is 0 Å². The second-order valence-electron chi connectivity index (χ2n) is 6.10. The van der Waals surface area contributed by atoms with E-state index in [0.717, 1.165) is 25.3 Å². The molecule has 0 aromatic heterocycles. The molecular weight excluding hydrogens is 226 g/mol. The van der Waals surface area contributed by atoms with Gasteiger partial charge in [0.1, 0.15) is 0 Å². The molecule has 1 aliphatic carbocycles. The maximum Gasteiger partial charge on any atom is 0.223 e. The number of rotatable bonds is 4. The molecule has 0 unspecified atom stereocenters. The first kappa shape index (κ1) is 13.6. The second kappa shape index (κ2) is 5.85. The Bertz CT molecular complexity index is 320. The Morgan fingerprint density at radius 2 is 1.83 bits per heavy atom. The van der Waals surface area contributed by atoms with Crippen LogP contribution in [0, 0.1) is 11.8 Å². The molecule has 2 atom stereocenters. The highest BCUT2D eigenvalue weighted by atomic mass is 16.2. The summed E-state index contributed by atoms with van der Waals surface area (Å²) < 4.78 is 0. The molecule has 3 heteroatoms. The normalized spacial score (nSPS) is 28.9. The minimum absolute atomic E-state index is 0.147. The fourth-order valence-electron chi connectivity index (χ4n) is 3.62. The van der Waals surface area contributed by atoms with Crippen LogP contribution < -0.4 is 0 Å². The smallest absolute Gasteiger partial charge is 0.223 e. The molecule has 0 N–H and O–H groups in total. The van der Waals surface area contributed by atoms with Crippen molar-refractivity contribution in [1.29, 1.82) is 0 Å². The first-order valence-electron chi connectivity index (χ1n) is 7.39. The molecule has 1 saturated heterocycles. The van der Waals surface area contributed by atoms with Gasteiger partial charge >= 0.3 is 0 Å². The average Bonchev–Trinajstić information content (AvgIpc) is 2.94. The molecule has 18 heavy (non-hydrogen) atoms. The Kier molecular flexibility index (Phi) is 4.41. The lowest BCUT2D eigenvalue weighted by molar-refractivity contribution is -0.137. The second-order valence-corrected chi connectivity index (χ2v) is 6.10. The summed E-state index contributed by atoms with van der Waals surface area (Å²) >= 11 is 0. The summed E-state index contributed by atoms with van der Waals surface area (Å²) in [6.45, 7) is 4.47. The number of hydrogen-bond donors (Lipinski definition) is 0. The number of hydrogen-bond acceptors (Lipinski definition) is 2. The van der Waals surface area contributed by atoms with Crippen LogP contribution in [0.1, 0.15) is 58.8 Å². The summed E-state index contributed by atoms with van der Waals surface area (Å²) in [6, 6.07) is -0.152. The van der Waals surface area contributed by atoms with Crippen LogP contribution in [0.5, 0.6) is 0 Å². The van der Waals surface area contributed by atoms with Gasteiger partial charge in [0.15, 0.2) is 5.78 Å². The van der Waals surface area contributed by atoms with Crippen LogP contribution in [0.25, 0.3) is 0 Å². The number of carbonyl (C=O) groups is 2. The molecule has 2 aliphatic rings. The maximum absolute atomic E-state index is 12.2. The lowest BCUT2D eigenvalue weighted by Crippen LogP contribution is -2.41. The summed E-state index contributed by atoms with van der Waals surface area (Å²) in [5.74, 6) is 1.43. The predicted octanol–water partition coefficient (Wildman–Crippen LogP) is 2.78. The van der Waals surface area contributed by atoms with Crippen molar-refractivity contribution >= 4 is 11.7 Å². The van der Waals surface area contributed by atoms with Crippen molar-refractivity contribution in [3.05, 3.63) is 0 Å². The number of nitrogens with zero attached hydrogens (tertiary/aromatic N) is 1. The summed E-state index contributed by atoms with van der Waals surface area (Å²) in [5.41, 5.74) is 0. The van der Waals surface area contributed by atoms with Crippen LogP contribution in [-0.2, 0) is 9.59 Å². The lowest BCUT2D eigenvalue weighted by atomic mass is 9.98. The first-order valence-corrected chi connectivity index (χ1v) is 7.39. The fourth-order valence-corrected chi connectivity index (χ4v) is 3.62. The van der Waals surface area contributed by atoms with E-state index in [1.54, 1.807) is 6.92 Å². The third-order valence-electron chi connectivity index (χ3n) is 4.68. The third kappa shape index (κ3) is 2.93. The molecule has 0 radical (unpaired) electrons. The minimum atomic E-state index is -0.152. The standard InChI is InChI=1S/C15H25NO2/c1-11-9-10-16(15(11)12(2)17)14(18)8-7-13-5-3-4-6-13/h11,13,15H,3-10H2,1-2H3/t11-,15+/m1/s1. The van der Waals surface area contributed by atoms with E-state index in [9.17, 15) is 9.59 Å². The molecule has 3 nitrogen and oxygen atoms in total. The van der Waals surface area contributed by atoms with Gasteiger partial charge < -0.3 is 4.90 Å². The minimum Gasteiger partial charge on any atom is -0.332 e. The summed E-state index contributed by atoms with van der Waals surface area (Å²) in [7, 11) is 0. The first-order chi connectivity index (χ1) is 8.59. The van der Waals surface area contributed by atoms with Crippen LogP contribution in [0.3, 0.4) is 0 Å². The highest BCUT2D eigenvalue weighted by Gasteiger charge is 2.37. The van der Waals surface area contributed by atoms with E-state index in [0.29, 0.717) is 12.3 Å². The molecule has 1 heterocycles. The monoisotopic (exact) mass is 251 g/mol. The van der Waals surface area contributed by atoms with Gasteiger partial charge in [-0.2, -0.15) is 0 Å². The number of likely N-dealkylation sites (tertiary alicyclic amines) is 1. The van der Waals surface area contributed by atoms with E-state index in [1.165, 1.54) is 25.7 Å². The molecule has 1 aliphatic heterocycles. The maximum atomic E-state index is 12.2. The van der Waals surface area contributed by atoms with Gasteiger partial charge in [0.05, 0.1) is 6.04 Å². The van der Waals surface area contributed by atoms with Crippen molar-refractivity contribution in [2.45, 2.75) is 64.8 Å². The highest BCUT2D eigenvalue weighted by molar-refractivity contribution is 5.88. The summed E-state index contributed by atoms with van der Waals surface area (Å²) in [5, 5.41) is 0. The Balaban J connectivity index is 1.85. The average molecular weight is 251 g/mol. The van der Waals surface area contributed by atoms with Gasteiger partial charge in [0.25, 0.3) is 0 Å². The zero-order chi connectivity index (χ0) is 13.1. The predicted molar refractivity (Wildman–Crippen MR) is 71.2 cm³/mol. The molecule has 0 aromatic carbocycles. The van der Waals surface area contributed by atoms with E-state index in [-0.39, 0.29) is 17.7 Å². The quantitative estimate of drug-likeness (QED) is 0.770. The van der Waals surface area contributed by atoms with Gasteiger partial charge in [-0.25, -0.2) is 0 Å². The van der Waals surface area contributed by atoms with Crippen LogP contribution in [-0.4, -0.2) is 29.2 Å². The Labute approximate surface area is 110 Å². The van der Waals surface area contributed by atoms with Crippen molar-refractivity contribution in [3.63, 3.8) is 0 Å². The molecule has 0 spiro atoms. The molecule has 2 fully saturated rings. The molecule has 1 amide bonds. The molecule has 2 rings (SSSR count). The highest BCUT2D eigenvalue weighted by Crippen LogP contribution is 2.30. The summed E-state index contributed by atoms with van der Waals surface area (Å²) in [4.78, 5) is 25.7. The zero-order valence-electron chi connectivity index (χ0n) is 11.7. The van der Waals surface area contributed by atoms with Gasteiger partial charge in [-0.1, -0.05) is 32.6 Å². The van der Waals surface area contributed by atoms with Gasteiger partial charge in [-0.15, -0.1) is 0 Å². The number of ketones is 1. The van der Waals surface area contributed by atoms with E-state index in [2.05, 4.69) is 6.92 Å². The Hall–Kier alpha value is -0.860. The van der Waals surface area contributed by atoms with E-state index >= 15 is 0 Å². The molecule has 0 bridgehead atoms. The summed E-state index contributed by atoms with van der Waals surface area (Å²) in [6.07, 6.45) is 7.87. The number of amides is 1. The molecule has 102 valence electrons. The zero-order valence-corrected chi connectivity index (χ0v) is 11.7. The fraction of sp³-hybridized carbons (Fsp3) is 0.867. The number of Topliss-reactive ketones (excluding diaryl/α,β-unsaturated/α-hetero) is 1. The molecular formula is C15H25NO2. The topological polar surface area (TPSA) is 37.4 Å². The van der Waals surface area contributed by atoms with Crippen molar-refractivity contribution in [2.24, 2.45) is 11.8 Å². The van der Waals surface area contributed by atoms with Crippen LogP contribution in [0.4, 0.5) is 0 Å². The van der Waals surface area contributed by atoms with Gasteiger partial charge in [0, 0.05) is 13.0 Å². The number of carbonyl (C=O) groups excluding carboxylic acids is 2. The van der Waals surface area contributed by atoms with Crippen LogP contribution >= 0.6 is 0 Å². The SMILES string of the molecule is CC(=O)[C@@H]1[C@H](C)CCN1C(=O)CCC1CCCC1. The van der Waals surface area contributed by atoms with Crippen molar-refractivity contribution in [1.82, 2.24) is 4.90 Å².